The van der Waals surface area contributed by atoms with Gasteiger partial charge in [-0.1, -0.05) is 46.5 Å². The molecule has 1 aliphatic carbocycles. The zero-order valence-electron chi connectivity index (χ0n) is 22.8. The number of rotatable bonds is 6. The third kappa shape index (κ3) is 6.71. The normalized spacial score (nSPS) is 14.5. The summed E-state index contributed by atoms with van der Waals surface area (Å²) in [4.78, 5) is 27.4. The van der Waals surface area contributed by atoms with Crippen LogP contribution < -0.4 is 25.0 Å². The van der Waals surface area contributed by atoms with Gasteiger partial charge in [0.2, 0.25) is 0 Å². The fourth-order valence-electron chi connectivity index (χ4n) is 4.84. The van der Waals surface area contributed by atoms with Crippen LogP contribution in [0.1, 0.15) is 83.3 Å². The first-order valence-electron chi connectivity index (χ1n) is 12.8. The average Bonchev–Trinajstić information content (AvgIpc) is 3.08. The van der Waals surface area contributed by atoms with Gasteiger partial charge in [0.15, 0.2) is 0 Å². The largest absolute Gasteiger partial charge is 0.495 e. The number of amides is 2. The van der Waals surface area contributed by atoms with E-state index in [4.69, 9.17) is 9.47 Å². The molecule has 0 saturated heterocycles. The number of carbonyl (C=O) groups excluding carboxylic acids is 2. The maximum atomic E-state index is 13.2. The molecule has 2 aromatic rings. The lowest BCUT2D eigenvalue weighted by atomic mass is 9.80. The standard InChI is InChI=1S/C29H41N3O4/c1-19(33)36-27-23(29(2,3)4)18-24(35-7)26(25(27)20-12-10-8-9-11-13-20)31-28(34)30-21-14-16-22(17-15-21)32(5)6/h14-18,20H,8-13H2,1-7H3,(H2,30,31,34). The first-order valence-corrected chi connectivity index (χ1v) is 12.8. The van der Waals surface area contributed by atoms with Crippen LogP contribution in [0, 0.1) is 0 Å². The van der Waals surface area contributed by atoms with Crippen LogP contribution in [0.4, 0.5) is 21.9 Å². The molecule has 2 N–H and O–H groups in total. The highest BCUT2D eigenvalue weighted by atomic mass is 16.5. The predicted molar refractivity (Wildman–Crippen MR) is 147 cm³/mol. The number of benzene rings is 2. The van der Waals surface area contributed by atoms with Crippen LogP contribution in [0.2, 0.25) is 0 Å². The quantitative estimate of drug-likeness (QED) is 0.255. The molecule has 2 aromatic carbocycles. The third-order valence-corrected chi connectivity index (χ3v) is 6.70. The number of hydrogen-bond donors (Lipinski definition) is 2. The summed E-state index contributed by atoms with van der Waals surface area (Å²) < 4.78 is 11.7. The van der Waals surface area contributed by atoms with Crippen molar-refractivity contribution in [3.05, 3.63) is 41.5 Å². The second-order valence-electron chi connectivity index (χ2n) is 10.8. The zero-order valence-corrected chi connectivity index (χ0v) is 22.8. The van der Waals surface area contributed by atoms with Crippen molar-refractivity contribution in [3.63, 3.8) is 0 Å². The molecule has 3 rings (SSSR count). The van der Waals surface area contributed by atoms with Gasteiger partial charge in [-0.25, -0.2) is 4.79 Å². The fourth-order valence-corrected chi connectivity index (χ4v) is 4.84. The molecular weight excluding hydrogens is 454 g/mol. The minimum absolute atomic E-state index is 0.146. The van der Waals surface area contributed by atoms with E-state index in [1.54, 1.807) is 7.11 Å². The van der Waals surface area contributed by atoms with Gasteiger partial charge in [0.05, 0.1) is 12.8 Å². The minimum atomic E-state index is -0.378. The Balaban J connectivity index is 2.09. The van der Waals surface area contributed by atoms with Crippen molar-refractivity contribution in [2.75, 3.05) is 36.7 Å². The van der Waals surface area contributed by atoms with Crippen LogP contribution in [0.15, 0.2) is 30.3 Å². The van der Waals surface area contributed by atoms with Gasteiger partial charge in [-0.3, -0.25) is 4.79 Å². The van der Waals surface area contributed by atoms with Gasteiger partial charge in [0.25, 0.3) is 0 Å². The van der Waals surface area contributed by atoms with E-state index in [0.29, 0.717) is 22.9 Å². The molecule has 0 heterocycles. The van der Waals surface area contributed by atoms with Crippen LogP contribution in [0.5, 0.6) is 11.5 Å². The Labute approximate surface area is 215 Å². The highest BCUT2D eigenvalue weighted by molar-refractivity contribution is 6.02. The first kappa shape index (κ1) is 27.4. The highest BCUT2D eigenvalue weighted by Crippen LogP contribution is 2.49. The molecule has 0 spiro atoms. The van der Waals surface area contributed by atoms with E-state index in [-0.39, 0.29) is 23.3 Å². The number of nitrogens with zero attached hydrogens (tertiary/aromatic N) is 1. The number of urea groups is 1. The average molecular weight is 496 g/mol. The van der Waals surface area contributed by atoms with E-state index in [1.807, 2.05) is 49.3 Å². The summed E-state index contributed by atoms with van der Waals surface area (Å²) in [5, 5.41) is 5.97. The molecule has 0 bridgehead atoms. The lowest BCUT2D eigenvalue weighted by Crippen LogP contribution is -2.24. The molecule has 2 amide bonds. The monoisotopic (exact) mass is 495 g/mol. The van der Waals surface area contributed by atoms with E-state index in [0.717, 1.165) is 42.5 Å². The Kier molecular flexibility index (Phi) is 8.88. The highest BCUT2D eigenvalue weighted by Gasteiger charge is 2.32. The summed E-state index contributed by atoms with van der Waals surface area (Å²) >= 11 is 0. The fraction of sp³-hybridized carbons (Fsp3) is 0.517. The second-order valence-corrected chi connectivity index (χ2v) is 10.8. The van der Waals surface area contributed by atoms with Gasteiger partial charge < -0.3 is 25.0 Å². The third-order valence-electron chi connectivity index (χ3n) is 6.70. The van der Waals surface area contributed by atoms with Crippen LogP contribution >= 0.6 is 0 Å². The van der Waals surface area contributed by atoms with E-state index >= 15 is 0 Å². The maximum Gasteiger partial charge on any atom is 0.323 e. The summed E-state index contributed by atoms with van der Waals surface area (Å²) in [6, 6.07) is 9.14. The van der Waals surface area contributed by atoms with Crippen molar-refractivity contribution in [1.29, 1.82) is 0 Å². The summed E-state index contributed by atoms with van der Waals surface area (Å²) in [6.45, 7) is 7.68. The number of nitrogens with one attached hydrogen (secondary N) is 2. The van der Waals surface area contributed by atoms with Gasteiger partial charge >= 0.3 is 12.0 Å². The van der Waals surface area contributed by atoms with Crippen LogP contribution in [-0.4, -0.2) is 33.2 Å². The lowest BCUT2D eigenvalue weighted by molar-refractivity contribution is -0.132. The summed E-state index contributed by atoms with van der Waals surface area (Å²) in [5.74, 6) is 0.881. The Hall–Kier alpha value is -3.22. The number of carbonyl (C=O) groups is 2. The van der Waals surface area contributed by atoms with Crippen molar-refractivity contribution < 1.29 is 19.1 Å². The molecule has 196 valence electrons. The number of esters is 1. The van der Waals surface area contributed by atoms with Gasteiger partial charge in [-0.05, 0) is 54.5 Å². The van der Waals surface area contributed by atoms with Gasteiger partial charge in [-0.15, -0.1) is 0 Å². The molecular formula is C29H41N3O4. The van der Waals surface area contributed by atoms with E-state index in [2.05, 4.69) is 31.4 Å². The Bertz CT molecular complexity index is 1060. The van der Waals surface area contributed by atoms with E-state index < -0.39 is 0 Å². The number of anilines is 3. The van der Waals surface area contributed by atoms with Gasteiger partial charge in [-0.2, -0.15) is 0 Å². The Morgan fingerprint density at radius 3 is 2.08 bits per heavy atom. The smallest absolute Gasteiger partial charge is 0.323 e. The minimum Gasteiger partial charge on any atom is -0.495 e. The van der Waals surface area contributed by atoms with Crippen LogP contribution in [0.3, 0.4) is 0 Å². The second kappa shape index (κ2) is 11.7. The molecule has 1 saturated carbocycles. The van der Waals surface area contributed by atoms with Crippen molar-refractivity contribution >= 4 is 29.1 Å². The summed E-state index contributed by atoms with van der Waals surface area (Å²) in [5.41, 5.74) is 3.73. The van der Waals surface area contributed by atoms with Crippen molar-refractivity contribution in [2.45, 2.75) is 77.6 Å². The molecule has 7 heteroatoms. The van der Waals surface area contributed by atoms with Crippen molar-refractivity contribution in [3.8, 4) is 11.5 Å². The molecule has 0 aliphatic heterocycles. The van der Waals surface area contributed by atoms with Gasteiger partial charge in [0.1, 0.15) is 11.5 Å². The lowest BCUT2D eigenvalue weighted by Gasteiger charge is -2.30. The molecule has 0 atom stereocenters. The van der Waals surface area contributed by atoms with Crippen molar-refractivity contribution in [1.82, 2.24) is 0 Å². The summed E-state index contributed by atoms with van der Waals surface area (Å²) in [7, 11) is 5.55. The molecule has 0 aromatic heterocycles. The SMILES string of the molecule is COc1cc(C(C)(C)C)c(OC(C)=O)c(C2CCCCCC2)c1NC(=O)Nc1ccc(N(C)C)cc1. The number of methoxy groups -OCH3 is 1. The molecule has 0 unspecified atom stereocenters. The van der Waals surface area contributed by atoms with Gasteiger partial charge in [0, 0.05) is 43.5 Å². The molecule has 1 aliphatic rings. The Morgan fingerprint density at radius 2 is 1.58 bits per heavy atom. The number of ether oxygens (including phenoxy) is 2. The van der Waals surface area contributed by atoms with E-state index in [9.17, 15) is 9.59 Å². The zero-order chi connectivity index (χ0) is 26.5. The molecule has 0 radical (unpaired) electrons. The van der Waals surface area contributed by atoms with Crippen LogP contribution in [0.25, 0.3) is 0 Å². The Morgan fingerprint density at radius 1 is 0.972 bits per heavy atom. The van der Waals surface area contributed by atoms with Crippen LogP contribution in [-0.2, 0) is 10.2 Å². The molecule has 36 heavy (non-hydrogen) atoms. The summed E-state index contributed by atoms with van der Waals surface area (Å²) in [6.07, 6.45) is 6.48. The predicted octanol–water partition coefficient (Wildman–Crippen LogP) is 7.07. The topological polar surface area (TPSA) is 79.9 Å². The number of hydrogen-bond acceptors (Lipinski definition) is 5. The first-order chi connectivity index (χ1) is 17.0. The molecule has 1 fully saturated rings. The van der Waals surface area contributed by atoms with Crippen molar-refractivity contribution in [2.24, 2.45) is 0 Å². The van der Waals surface area contributed by atoms with E-state index in [1.165, 1.54) is 19.8 Å². The molecule has 7 nitrogen and oxygen atoms in total. The maximum absolute atomic E-state index is 13.2.